The Balaban J connectivity index is 1.68. The van der Waals surface area contributed by atoms with E-state index in [1.54, 1.807) is 23.1 Å². The van der Waals surface area contributed by atoms with E-state index in [4.69, 9.17) is 9.47 Å². The highest BCUT2D eigenvalue weighted by atomic mass is 16.6. The number of hydrogen-bond acceptors (Lipinski definition) is 4. The van der Waals surface area contributed by atoms with E-state index in [-0.39, 0.29) is 17.9 Å². The van der Waals surface area contributed by atoms with Crippen molar-refractivity contribution in [3.63, 3.8) is 0 Å². The summed E-state index contributed by atoms with van der Waals surface area (Å²) in [5.41, 5.74) is 0.594. The second-order valence-electron chi connectivity index (χ2n) is 5.87. The van der Waals surface area contributed by atoms with Crippen molar-refractivity contribution in [2.24, 2.45) is 0 Å². The van der Waals surface area contributed by atoms with Gasteiger partial charge in [-0.25, -0.2) is 0 Å². The number of benzene rings is 1. The van der Waals surface area contributed by atoms with Gasteiger partial charge in [0, 0.05) is 31.1 Å². The van der Waals surface area contributed by atoms with Crippen molar-refractivity contribution in [1.82, 2.24) is 10.2 Å². The monoisotopic (exact) mass is 318 g/mol. The van der Waals surface area contributed by atoms with E-state index < -0.39 is 0 Å². The smallest absolute Gasteiger partial charge is 0.254 e. The van der Waals surface area contributed by atoms with E-state index >= 15 is 0 Å². The Morgan fingerprint density at radius 2 is 2.04 bits per heavy atom. The van der Waals surface area contributed by atoms with Crippen LogP contribution in [0.25, 0.3) is 0 Å². The lowest BCUT2D eigenvalue weighted by Crippen LogP contribution is -2.49. The molecule has 2 aliphatic rings. The molecule has 0 aromatic heterocycles. The van der Waals surface area contributed by atoms with Gasteiger partial charge in [0.1, 0.15) is 13.2 Å². The van der Waals surface area contributed by atoms with Gasteiger partial charge in [-0.05, 0) is 31.0 Å². The Bertz CT molecular complexity index is 602. The van der Waals surface area contributed by atoms with Crippen molar-refractivity contribution in [2.45, 2.75) is 32.2 Å². The largest absolute Gasteiger partial charge is 0.486 e. The summed E-state index contributed by atoms with van der Waals surface area (Å²) in [7, 11) is 0. The molecule has 0 saturated carbocycles. The van der Waals surface area contributed by atoms with Crippen molar-refractivity contribution >= 4 is 11.8 Å². The molecule has 0 unspecified atom stereocenters. The van der Waals surface area contributed by atoms with Crippen LogP contribution < -0.4 is 14.8 Å². The molecule has 0 bridgehead atoms. The van der Waals surface area contributed by atoms with Gasteiger partial charge in [0.05, 0.1) is 0 Å². The van der Waals surface area contributed by atoms with E-state index in [0.717, 1.165) is 12.8 Å². The minimum atomic E-state index is -0.0302. The molecule has 0 aliphatic carbocycles. The summed E-state index contributed by atoms with van der Waals surface area (Å²) < 4.78 is 11.0. The zero-order chi connectivity index (χ0) is 16.2. The quantitative estimate of drug-likeness (QED) is 0.919. The SMILES string of the molecule is CCC(=O)N[C@H]1CCCN(C(=O)c2ccc3c(c2)OCCO3)C1. The first kappa shape index (κ1) is 15.6. The number of ether oxygens (including phenoxy) is 2. The maximum Gasteiger partial charge on any atom is 0.254 e. The van der Waals surface area contributed by atoms with Crippen LogP contribution in [0.4, 0.5) is 0 Å². The van der Waals surface area contributed by atoms with Crippen molar-refractivity contribution in [3.8, 4) is 11.5 Å². The van der Waals surface area contributed by atoms with E-state index in [9.17, 15) is 9.59 Å². The van der Waals surface area contributed by atoms with Crippen LogP contribution in [0, 0.1) is 0 Å². The number of nitrogens with one attached hydrogen (secondary N) is 1. The van der Waals surface area contributed by atoms with Crippen molar-refractivity contribution < 1.29 is 19.1 Å². The summed E-state index contributed by atoms with van der Waals surface area (Å²) in [6.07, 6.45) is 2.27. The zero-order valence-corrected chi connectivity index (χ0v) is 13.3. The summed E-state index contributed by atoms with van der Waals surface area (Å²) in [4.78, 5) is 26.0. The Morgan fingerprint density at radius 3 is 2.83 bits per heavy atom. The number of rotatable bonds is 3. The molecule has 2 aliphatic heterocycles. The van der Waals surface area contributed by atoms with Crippen molar-refractivity contribution in [3.05, 3.63) is 23.8 Å². The number of piperidine rings is 1. The predicted octanol–water partition coefficient (Wildman–Crippen LogP) is 1.59. The number of likely N-dealkylation sites (tertiary alicyclic amines) is 1. The van der Waals surface area contributed by atoms with Crippen molar-refractivity contribution in [1.29, 1.82) is 0 Å². The fourth-order valence-corrected chi connectivity index (χ4v) is 2.97. The number of nitrogens with zero attached hydrogens (tertiary/aromatic N) is 1. The Labute approximate surface area is 135 Å². The van der Waals surface area contributed by atoms with Gasteiger partial charge in [-0.1, -0.05) is 6.92 Å². The molecular weight excluding hydrogens is 296 g/mol. The minimum Gasteiger partial charge on any atom is -0.486 e. The molecule has 1 N–H and O–H groups in total. The highest BCUT2D eigenvalue weighted by molar-refractivity contribution is 5.95. The normalized spacial score (nSPS) is 20.0. The molecule has 1 fully saturated rings. The third-order valence-electron chi connectivity index (χ3n) is 4.18. The molecule has 6 nitrogen and oxygen atoms in total. The van der Waals surface area contributed by atoms with Crippen LogP contribution in [0.3, 0.4) is 0 Å². The van der Waals surface area contributed by atoms with Gasteiger partial charge in [0.2, 0.25) is 5.91 Å². The zero-order valence-electron chi connectivity index (χ0n) is 13.3. The third kappa shape index (κ3) is 3.57. The molecule has 1 aromatic rings. The molecule has 2 heterocycles. The number of carbonyl (C=O) groups is 2. The summed E-state index contributed by atoms with van der Waals surface area (Å²) in [5.74, 6) is 1.30. The summed E-state index contributed by atoms with van der Waals surface area (Å²) in [6.45, 7) is 4.13. The average molecular weight is 318 g/mol. The summed E-state index contributed by atoms with van der Waals surface area (Å²) in [5, 5.41) is 2.98. The molecule has 1 aromatic carbocycles. The lowest BCUT2D eigenvalue weighted by Gasteiger charge is -2.33. The molecule has 6 heteroatoms. The minimum absolute atomic E-state index is 0.0302. The van der Waals surface area contributed by atoms with E-state index in [0.29, 0.717) is 49.8 Å². The molecular formula is C17H22N2O4. The molecule has 23 heavy (non-hydrogen) atoms. The summed E-state index contributed by atoms with van der Waals surface area (Å²) in [6, 6.07) is 5.33. The number of carbonyl (C=O) groups excluding carboxylic acids is 2. The molecule has 124 valence electrons. The third-order valence-corrected chi connectivity index (χ3v) is 4.18. The molecule has 1 saturated heterocycles. The Hall–Kier alpha value is -2.24. The molecule has 2 amide bonds. The van der Waals surface area contributed by atoms with Gasteiger partial charge in [-0.2, -0.15) is 0 Å². The van der Waals surface area contributed by atoms with Crippen LogP contribution in [0.5, 0.6) is 11.5 Å². The van der Waals surface area contributed by atoms with Gasteiger partial charge < -0.3 is 19.7 Å². The lowest BCUT2D eigenvalue weighted by molar-refractivity contribution is -0.121. The number of hydrogen-bond donors (Lipinski definition) is 1. The van der Waals surface area contributed by atoms with Crippen LogP contribution in [0.2, 0.25) is 0 Å². The van der Waals surface area contributed by atoms with Crippen LogP contribution >= 0.6 is 0 Å². The fraction of sp³-hybridized carbons (Fsp3) is 0.529. The highest BCUT2D eigenvalue weighted by Crippen LogP contribution is 2.31. The second-order valence-corrected chi connectivity index (χ2v) is 5.87. The van der Waals surface area contributed by atoms with Gasteiger partial charge in [-0.3, -0.25) is 9.59 Å². The molecule has 3 rings (SSSR count). The first-order chi connectivity index (χ1) is 11.2. The fourth-order valence-electron chi connectivity index (χ4n) is 2.97. The maximum atomic E-state index is 12.7. The average Bonchev–Trinajstić information content (AvgIpc) is 2.60. The van der Waals surface area contributed by atoms with Crippen LogP contribution in [-0.2, 0) is 4.79 Å². The maximum absolute atomic E-state index is 12.7. The van der Waals surface area contributed by atoms with E-state index in [1.807, 2.05) is 6.92 Å². The predicted molar refractivity (Wildman–Crippen MR) is 84.8 cm³/mol. The van der Waals surface area contributed by atoms with Crippen LogP contribution in [-0.4, -0.2) is 49.1 Å². The number of amides is 2. The lowest BCUT2D eigenvalue weighted by atomic mass is 10.0. The van der Waals surface area contributed by atoms with Crippen molar-refractivity contribution in [2.75, 3.05) is 26.3 Å². The highest BCUT2D eigenvalue weighted by Gasteiger charge is 2.26. The Morgan fingerprint density at radius 1 is 1.26 bits per heavy atom. The second kappa shape index (κ2) is 6.89. The van der Waals surface area contributed by atoms with E-state index in [1.165, 1.54) is 0 Å². The topological polar surface area (TPSA) is 67.9 Å². The van der Waals surface area contributed by atoms with Gasteiger partial charge in [0.25, 0.3) is 5.91 Å². The first-order valence-electron chi connectivity index (χ1n) is 8.15. The standard InChI is InChI=1S/C17H22N2O4/c1-2-16(20)18-13-4-3-7-19(11-13)17(21)12-5-6-14-15(10-12)23-9-8-22-14/h5-6,10,13H,2-4,7-9,11H2,1H3,(H,18,20)/t13-/m0/s1. The van der Waals surface area contributed by atoms with Gasteiger partial charge >= 0.3 is 0 Å². The molecule has 0 radical (unpaired) electrons. The van der Waals surface area contributed by atoms with Crippen LogP contribution in [0.1, 0.15) is 36.5 Å². The van der Waals surface area contributed by atoms with Crippen LogP contribution in [0.15, 0.2) is 18.2 Å². The molecule has 0 spiro atoms. The summed E-state index contributed by atoms with van der Waals surface area (Å²) >= 11 is 0. The molecule has 1 atom stereocenters. The Kier molecular flexibility index (Phi) is 4.69. The van der Waals surface area contributed by atoms with E-state index in [2.05, 4.69) is 5.32 Å². The van der Waals surface area contributed by atoms with Gasteiger partial charge in [-0.15, -0.1) is 0 Å². The number of fused-ring (bicyclic) bond motifs is 1. The van der Waals surface area contributed by atoms with Gasteiger partial charge in [0.15, 0.2) is 11.5 Å². The first-order valence-corrected chi connectivity index (χ1v) is 8.15.